The number of carbonyl (C=O) groups excluding carboxylic acids is 1. The summed E-state index contributed by atoms with van der Waals surface area (Å²) in [5.74, 6) is 0. The van der Waals surface area contributed by atoms with Gasteiger partial charge < -0.3 is 14.8 Å². The van der Waals surface area contributed by atoms with Crippen molar-refractivity contribution >= 4 is 6.29 Å². The van der Waals surface area contributed by atoms with Crippen LogP contribution in [0.5, 0.6) is 0 Å². The van der Waals surface area contributed by atoms with Crippen LogP contribution in [0, 0.1) is 0 Å². The lowest BCUT2D eigenvalue weighted by molar-refractivity contribution is -0.108. The Hall–Kier alpha value is -0.410. The Morgan fingerprint density at radius 3 is 2.60 bits per heavy atom. The van der Waals surface area contributed by atoms with Crippen molar-refractivity contribution in [3.8, 4) is 0 Å². The van der Waals surface area contributed by atoms with Gasteiger partial charge in [0, 0.05) is 19.5 Å². The van der Waals surface area contributed by atoms with E-state index in [2.05, 4.69) is 0 Å². The molecule has 60 valence electrons. The molecule has 0 aromatic carbocycles. The number of hydrogen-bond acceptors (Lipinski definition) is 3. The molecule has 0 aromatic rings. The van der Waals surface area contributed by atoms with Gasteiger partial charge in [0.05, 0.1) is 6.61 Å². The molecule has 0 saturated carbocycles. The summed E-state index contributed by atoms with van der Waals surface area (Å²) in [6.07, 6.45) is 1.47. The average molecular weight is 145 g/mol. The number of aliphatic hydroxyl groups is 1. The predicted octanol–water partition coefficient (Wildman–Crippen LogP) is -0.110. The zero-order valence-electron chi connectivity index (χ0n) is 6.42. The van der Waals surface area contributed by atoms with Gasteiger partial charge in [-0.1, -0.05) is 6.92 Å². The zero-order valence-corrected chi connectivity index (χ0v) is 6.42. The van der Waals surface area contributed by atoms with Crippen LogP contribution in [0.4, 0.5) is 0 Å². The minimum absolute atomic E-state index is 0.173. The lowest BCUT2D eigenvalue weighted by Gasteiger charge is -2.16. The molecular weight excluding hydrogens is 130 g/mol. The molecule has 0 aliphatic heterocycles. The highest BCUT2D eigenvalue weighted by Crippen LogP contribution is 1.87. The smallest absolute Gasteiger partial charge is 0.121 e. The molecule has 0 rings (SSSR count). The van der Waals surface area contributed by atoms with Crippen molar-refractivity contribution in [3.63, 3.8) is 0 Å². The third kappa shape index (κ3) is 4.47. The monoisotopic (exact) mass is 145 g/mol. The number of likely N-dealkylation sites (N-methyl/N-ethyl adjacent to an activating group) is 1. The lowest BCUT2D eigenvalue weighted by atomic mass is 10.4. The molecule has 0 atom stereocenters. The minimum atomic E-state index is 0.173. The molecule has 0 heterocycles. The van der Waals surface area contributed by atoms with E-state index >= 15 is 0 Å². The Balaban J connectivity index is 3.29. The first-order valence-corrected chi connectivity index (χ1v) is 3.62. The van der Waals surface area contributed by atoms with Crippen LogP contribution in [0.15, 0.2) is 0 Å². The van der Waals surface area contributed by atoms with E-state index < -0.39 is 0 Å². The summed E-state index contributed by atoms with van der Waals surface area (Å²) in [5, 5.41) is 8.54. The average Bonchev–Trinajstić information content (AvgIpc) is 1.98. The molecular formula is C7H15NO2. The molecule has 0 unspecified atom stereocenters. The summed E-state index contributed by atoms with van der Waals surface area (Å²) in [7, 11) is 0. The van der Waals surface area contributed by atoms with Gasteiger partial charge in [-0.2, -0.15) is 0 Å². The maximum absolute atomic E-state index is 9.94. The van der Waals surface area contributed by atoms with Crippen LogP contribution in [0.3, 0.4) is 0 Å². The minimum Gasteiger partial charge on any atom is -0.395 e. The van der Waals surface area contributed by atoms with Gasteiger partial charge in [0.25, 0.3) is 0 Å². The Bertz CT molecular complexity index is 85.7. The van der Waals surface area contributed by atoms with Crippen LogP contribution in [-0.4, -0.2) is 42.5 Å². The molecule has 0 bridgehead atoms. The van der Waals surface area contributed by atoms with E-state index in [9.17, 15) is 4.79 Å². The molecule has 0 radical (unpaired) electrons. The van der Waals surface area contributed by atoms with Gasteiger partial charge in [-0.15, -0.1) is 0 Å². The highest BCUT2D eigenvalue weighted by atomic mass is 16.3. The number of nitrogens with zero attached hydrogens (tertiary/aromatic N) is 1. The van der Waals surface area contributed by atoms with E-state index in [0.29, 0.717) is 13.0 Å². The van der Waals surface area contributed by atoms with E-state index in [-0.39, 0.29) is 6.61 Å². The van der Waals surface area contributed by atoms with Crippen molar-refractivity contribution in [2.45, 2.75) is 13.3 Å². The Kier molecular flexibility index (Phi) is 6.43. The third-order valence-corrected chi connectivity index (χ3v) is 1.43. The van der Waals surface area contributed by atoms with Crippen molar-refractivity contribution < 1.29 is 9.90 Å². The van der Waals surface area contributed by atoms with Crippen LogP contribution in [0.25, 0.3) is 0 Å². The molecule has 10 heavy (non-hydrogen) atoms. The Morgan fingerprint density at radius 1 is 1.50 bits per heavy atom. The van der Waals surface area contributed by atoms with Gasteiger partial charge >= 0.3 is 0 Å². The Morgan fingerprint density at radius 2 is 2.20 bits per heavy atom. The molecule has 1 N–H and O–H groups in total. The first-order chi connectivity index (χ1) is 4.85. The van der Waals surface area contributed by atoms with Gasteiger partial charge in [0.1, 0.15) is 6.29 Å². The van der Waals surface area contributed by atoms with Gasteiger partial charge in [0.15, 0.2) is 0 Å². The molecule has 0 spiro atoms. The van der Waals surface area contributed by atoms with Gasteiger partial charge in [-0.25, -0.2) is 0 Å². The summed E-state index contributed by atoms with van der Waals surface area (Å²) in [6, 6.07) is 0. The van der Waals surface area contributed by atoms with Crippen LogP contribution >= 0.6 is 0 Å². The van der Waals surface area contributed by atoms with Gasteiger partial charge in [-0.05, 0) is 6.54 Å². The number of aliphatic hydroxyl groups excluding tert-OH is 1. The predicted molar refractivity (Wildman–Crippen MR) is 39.9 cm³/mol. The van der Waals surface area contributed by atoms with E-state index in [1.807, 2.05) is 11.8 Å². The maximum atomic E-state index is 9.94. The fourth-order valence-electron chi connectivity index (χ4n) is 0.805. The van der Waals surface area contributed by atoms with Crippen LogP contribution in [0.2, 0.25) is 0 Å². The zero-order chi connectivity index (χ0) is 7.82. The van der Waals surface area contributed by atoms with Gasteiger partial charge in [0.2, 0.25) is 0 Å². The van der Waals surface area contributed by atoms with Gasteiger partial charge in [-0.3, -0.25) is 0 Å². The SMILES string of the molecule is CCN(CCO)CCC=O. The first kappa shape index (κ1) is 9.59. The van der Waals surface area contributed by atoms with E-state index in [1.54, 1.807) is 0 Å². The largest absolute Gasteiger partial charge is 0.395 e. The normalized spacial score (nSPS) is 10.3. The fraction of sp³-hybridized carbons (Fsp3) is 0.857. The van der Waals surface area contributed by atoms with Crippen LogP contribution in [-0.2, 0) is 4.79 Å². The number of hydrogen-bond donors (Lipinski definition) is 1. The highest BCUT2D eigenvalue weighted by molar-refractivity contribution is 5.49. The standard InChI is InChI=1S/C7H15NO2/c1-2-8(5-7-10)4-3-6-9/h6,10H,2-5,7H2,1H3. The molecule has 0 aromatic heterocycles. The van der Waals surface area contributed by atoms with Crippen molar-refractivity contribution in [1.29, 1.82) is 0 Å². The van der Waals surface area contributed by atoms with Crippen molar-refractivity contribution in [3.05, 3.63) is 0 Å². The quantitative estimate of drug-likeness (QED) is 0.530. The molecule has 3 heteroatoms. The fourth-order valence-corrected chi connectivity index (χ4v) is 0.805. The summed E-state index contributed by atoms with van der Waals surface area (Å²) in [6.45, 7) is 4.52. The molecule has 3 nitrogen and oxygen atoms in total. The van der Waals surface area contributed by atoms with Crippen molar-refractivity contribution in [2.24, 2.45) is 0 Å². The summed E-state index contributed by atoms with van der Waals surface area (Å²) in [4.78, 5) is 12.0. The molecule has 0 fully saturated rings. The number of rotatable bonds is 6. The van der Waals surface area contributed by atoms with E-state index in [4.69, 9.17) is 5.11 Å². The second-order valence-electron chi connectivity index (χ2n) is 2.11. The van der Waals surface area contributed by atoms with Crippen LogP contribution in [0.1, 0.15) is 13.3 Å². The molecule has 0 aliphatic carbocycles. The van der Waals surface area contributed by atoms with Crippen LogP contribution < -0.4 is 0 Å². The maximum Gasteiger partial charge on any atom is 0.121 e. The highest BCUT2D eigenvalue weighted by Gasteiger charge is 1.98. The molecule has 0 aliphatic rings. The van der Waals surface area contributed by atoms with E-state index in [1.165, 1.54) is 0 Å². The first-order valence-electron chi connectivity index (χ1n) is 3.62. The summed E-state index contributed by atoms with van der Waals surface area (Å²) >= 11 is 0. The second kappa shape index (κ2) is 6.71. The van der Waals surface area contributed by atoms with E-state index in [0.717, 1.165) is 19.4 Å². The lowest BCUT2D eigenvalue weighted by Crippen LogP contribution is -2.27. The molecule has 0 amide bonds. The van der Waals surface area contributed by atoms with Crippen molar-refractivity contribution in [2.75, 3.05) is 26.2 Å². The second-order valence-corrected chi connectivity index (χ2v) is 2.11. The Labute approximate surface area is 61.6 Å². The number of aldehydes is 1. The topological polar surface area (TPSA) is 40.5 Å². The number of carbonyl (C=O) groups is 1. The summed E-state index contributed by atoms with van der Waals surface area (Å²) in [5.41, 5.74) is 0. The van der Waals surface area contributed by atoms with Crippen molar-refractivity contribution in [1.82, 2.24) is 4.90 Å². The summed E-state index contributed by atoms with van der Waals surface area (Å²) < 4.78 is 0. The molecule has 0 saturated heterocycles. The third-order valence-electron chi connectivity index (χ3n) is 1.43.